The number of carbonyl (C=O) groups is 2. The molecule has 0 aromatic carbocycles. The summed E-state index contributed by atoms with van der Waals surface area (Å²) in [4.78, 5) is 31.6. The van der Waals surface area contributed by atoms with Crippen molar-refractivity contribution in [2.75, 3.05) is 45.8 Å². The Hall–Kier alpha value is -1.99. The first kappa shape index (κ1) is 21.1. The summed E-state index contributed by atoms with van der Waals surface area (Å²) >= 11 is 0. The summed E-state index contributed by atoms with van der Waals surface area (Å²) in [6.07, 6.45) is 0.338. The minimum atomic E-state index is -0.484. The van der Waals surface area contributed by atoms with E-state index < -0.39 is 11.7 Å². The molecule has 0 saturated carbocycles. The molecule has 1 aliphatic rings. The van der Waals surface area contributed by atoms with Gasteiger partial charge in [-0.2, -0.15) is 0 Å². The number of rotatable bonds is 5. The smallest absolute Gasteiger partial charge is 0.407 e. The molecule has 0 spiro atoms. The van der Waals surface area contributed by atoms with Gasteiger partial charge >= 0.3 is 6.09 Å². The van der Waals surface area contributed by atoms with Gasteiger partial charge < -0.3 is 25.2 Å². The molecule has 144 valence electrons. The Morgan fingerprint density at radius 3 is 2.20 bits per heavy atom. The van der Waals surface area contributed by atoms with E-state index in [-0.39, 0.29) is 5.91 Å². The summed E-state index contributed by atoms with van der Waals surface area (Å²) < 4.78 is 5.19. The highest BCUT2D eigenvalue weighted by molar-refractivity contribution is 5.80. The Morgan fingerprint density at radius 2 is 1.68 bits per heavy atom. The second-order valence-electron chi connectivity index (χ2n) is 7.01. The molecule has 0 aromatic heterocycles. The highest BCUT2D eigenvalue weighted by Crippen LogP contribution is 2.06. The van der Waals surface area contributed by atoms with Crippen LogP contribution in [0.4, 0.5) is 4.79 Å². The lowest BCUT2D eigenvalue weighted by Gasteiger charge is -2.36. The predicted octanol–water partition coefficient (Wildman–Crippen LogP) is 1.03. The van der Waals surface area contributed by atoms with Gasteiger partial charge in [0.05, 0.1) is 0 Å². The largest absolute Gasteiger partial charge is 0.444 e. The van der Waals surface area contributed by atoms with Crippen LogP contribution in [0.3, 0.4) is 0 Å². The van der Waals surface area contributed by atoms with E-state index in [4.69, 9.17) is 4.74 Å². The number of alkyl carbamates (subject to hydrolysis) is 1. The second-order valence-corrected chi connectivity index (χ2v) is 7.01. The number of piperazine rings is 1. The number of amides is 2. The standard InChI is InChI=1S/C17H33N5O3/c1-6-18-15(22-12-10-21(11-13-22)14(2)23)19-8-7-9-20-16(24)25-17(3,4)5/h6-13H2,1-5H3,(H,18,19)(H,20,24). The predicted molar refractivity (Wildman–Crippen MR) is 98.7 cm³/mol. The van der Waals surface area contributed by atoms with Crippen LogP contribution in [0, 0.1) is 0 Å². The summed E-state index contributed by atoms with van der Waals surface area (Å²) in [5.74, 6) is 0.984. The highest BCUT2D eigenvalue weighted by atomic mass is 16.6. The molecule has 0 aromatic rings. The van der Waals surface area contributed by atoms with E-state index in [0.717, 1.165) is 45.1 Å². The number of hydrogen-bond acceptors (Lipinski definition) is 4. The molecular weight excluding hydrogens is 322 g/mol. The van der Waals surface area contributed by atoms with Gasteiger partial charge in [0, 0.05) is 52.7 Å². The lowest BCUT2D eigenvalue weighted by molar-refractivity contribution is -0.130. The lowest BCUT2D eigenvalue weighted by atomic mass is 10.2. The molecule has 8 nitrogen and oxygen atoms in total. The molecule has 0 unspecified atom stereocenters. The van der Waals surface area contributed by atoms with Crippen LogP contribution >= 0.6 is 0 Å². The SMILES string of the molecule is CCNC(=NCCCNC(=O)OC(C)(C)C)N1CCN(C(C)=O)CC1. The molecule has 1 rings (SSSR count). The van der Waals surface area contributed by atoms with Gasteiger partial charge in [0.25, 0.3) is 0 Å². The van der Waals surface area contributed by atoms with E-state index in [0.29, 0.717) is 13.1 Å². The fourth-order valence-corrected chi connectivity index (χ4v) is 2.43. The maximum atomic E-state index is 11.6. The first-order valence-corrected chi connectivity index (χ1v) is 8.98. The Balaban J connectivity index is 2.36. The van der Waals surface area contributed by atoms with Gasteiger partial charge in [-0.05, 0) is 34.1 Å². The van der Waals surface area contributed by atoms with Crippen molar-refractivity contribution in [3.63, 3.8) is 0 Å². The van der Waals surface area contributed by atoms with E-state index in [9.17, 15) is 9.59 Å². The van der Waals surface area contributed by atoms with Gasteiger partial charge in [0.2, 0.25) is 5.91 Å². The zero-order valence-electron chi connectivity index (χ0n) is 16.2. The van der Waals surface area contributed by atoms with Gasteiger partial charge in [0.1, 0.15) is 5.60 Å². The van der Waals surface area contributed by atoms with Crippen LogP contribution < -0.4 is 10.6 Å². The molecule has 2 amide bonds. The van der Waals surface area contributed by atoms with Crippen molar-refractivity contribution < 1.29 is 14.3 Å². The number of aliphatic imine (C=N–C) groups is 1. The Labute approximate surface area is 151 Å². The van der Waals surface area contributed by atoms with Crippen molar-refractivity contribution in [1.82, 2.24) is 20.4 Å². The van der Waals surface area contributed by atoms with Gasteiger partial charge in [-0.15, -0.1) is 0 Å². The fourth-order valence-electron chi connectivity index (χ4n) is 2.43. The monoisotopic (exact) mass is 355 g/mol. The molecule has 1 fully saturated rings. The molecule has 25 heavy (non-hydrogen) atoms. The maximum absolute atomic E-state index is 11.6. The van der Waals surface area contributed by atoms with Gasteiger partial charge in [-0.25, -0.2) is 4.79 Å². The number of carbonyl (C=O) groups excluding carboxylic acids is 2. The first-order valence-electron chi connectivity index (χ1n) is 8.98. The fraction of sp³-hybridized carbons (Fsp3) is 0.824. The summed E-state index contributed by atoms with van der Waals surface area (Å²) in [5, 5.41) is 6.02. The van der Waals surface area contributed by atoms with E-state index in [1.807, 2.05) is 32.6 Å². The van der Waals surface area contributed by atoms with Crippen molar-refractivity contribution >= 4 is 18.0 Å². The minimum Gasteiger partial charge on any atom is -0.444 e. The molecule has 2 N–H and O–H groups in total. The third-order valence-corrected chi connectivity index (χ3v) is 3.62. The van der Waals surface area contributed by atoms with Crippen LogP contribution in [0.2, 0.25) is 0 Å². The van der Waals surface area contributed by atoms with Crippen molar-refractivity contribution in [2.45, 2.75) is 46.6 Å². The van der Waals surface area contributed by atoms with Crippen LogP contribution in [0.25, 0.3) is 0 Å². The average Bonchev–Trinajstić information content (AvgIpc) is 2.52. The molecule has 0 radical (unpaired) electrons. The Kier molecular flexibility index (Phi) is 8.51. The normalized spacial score (nSPS) is 15.8. The zero-order valence-corrected chi connectivity index (χ0v) is 16.2. The number of hydrogen-bond donors (Lipinski definition) is 2. The third kappa shape index (κ3) is 8.60. The molecular formula is C17H33N5O3. The summed E-state index contributed by atoms with van der Waals surface area (Å²) in [6.45, 7) is 14.1. The number of ether oxygens (including phenoxy) is 1. The second kappa shape index (κ2) is 10.1. The van der Waals surface area contributed by atoms with E-state index in [1.165, 1.54) is 0 Å². The number of nitrogens with zero attached hydrogens (tertiary/aromatic N) is 3. The number of nitrogens with one attached hydrogen (secondary N) is 2. The van der Waals surface area contributed by atoms with Crippen LogP contribution in [0.15, 0.2) is 4.99 Å². The van der Waals surface area contributed by atoms with Crippen LogP contribution in [0.1, 0.15) is 41.0 Å². The maximum Gasteiger partial charge on any atom is 0.407 e. The van der Waals surface area contributed by atoms with Gasteiger partial charge in [0.15, 0.2) is 5.96 Å². The zero-order chi connectivity index (χ0) is 18.9. The van der Waals surface area contributed by atoms with E-state index >= 15 is 0 Å². The van der Waals surface area contributed by atoms with Crippen LogP contribution in [0.5, 0.6) is 0 Å². The lowest BCUT2D eigenvalue weighted by Crippen LogP contribution is -2.53. The minimum absolute atomic E-state index is 0.120. The summed E-state index contributed by atoms with van der Waals surface area (Å²) in [7, 11) is 0. The van der Waals surface area contributed by atoms with Crippen molar-refractivity contribution in [1.29, 1.82) is 0 Å². The molecule has 8 heteroatoms. The third-order valence-electron chi connectivity index (χ3n) is 3.62. The molecule has 1 saturated heterocycles. The highest BCUT2D eigenvalue weighted by Gasteiger charge is 2.20. The summed E-state index contributed by atoms with van der Waals surface area (Å²) in [6, 6.07) is 0. The van der Waals surface area contributed by atoms with Gasteiger partial charge in [-0.1, -0.05) is 0 Å². The van der Waals surface area contributed by atoms with Crippen LogP contribution in [-0.2, 0) is 9.53 Å². The molecule has 0 atom stereocenters. The van der Waals surface area contributed by atoms with E-state index in [2.05, 4.69) is 20.5 Å². The molecule has 1 heterocycles. The number of guanidine groups is 1. The topological polar surface area (TPSA) is 86.3 Å². The van der Waals surface area contributed by atoms with E-state index in [1.54, 1.807) is 6.92 Å². The van der Waals surface area contributed by atoms with Crippen molar-refractivity contribution in [3.8, 4) is 0 Å². The molecule has 0 aliphatic carbocycles. The molecule has 0 bridgehead atoms. The first-order chi connectivity index (χ1) is 11.7. The molecule has 1 aliphatic heterocycles. The van der Waals surface area contributed by atoms with Crippen LogP contribution in [-0.4, -0.2) is 79.2 Å². The quantitative estimate of drug-likeness (QED) is 0.437. The van der Waals surface area contributed by atoms with Crippen molar-refractivity contribution in [3.05, 3.63) is 0 Å². The Bertz CT molecular complexity index is 465. The summed E-state index contributed by atoms with van der Waals surface area (Å²) in [5.41, 5.74) is -0.484. The van der Waals surface area contributed by atoms with Gasteiger partial charge in [-0.3, -0.25) is 9.79 Å². The Morgan fingerprint density at radius 1 is 1.08 bits per heavy atom. The van der Waals surface area contributed by atoms with Crippen molar-refractivity contribution in [2.24, 2.45) is 4.99 Å². The average molecular weight is 355 g/mol.